The molecular formula is C19H26N4O3. The van der Waals surface area contributed by atoms with Crippen LogP contribution >= 0.6 is 0 Å². The van der Waals surface area contributed by atoms with Crippen molar-refractivity contribution in [2.75, 3.05) is 26.2 Å². The maximum absolute atomic E-state index is 11.8. The number of amides is 1. The monoisotopic (exact) mass is 358 g/mol. The third-order valence-corrected chi connectivity index (χ3v) is 3.73. The van der Waals surface area contributed by atoms with Crippen LogP contribution in [0.15, 0.2) is 58.1 Å². The van der Waals surface area contributed by atoms with Crippen LogP contribution in [-0.4, -0.2) is 43.2 Å². The van der Waals surface area contributed by atoms with Gasteiger partial charge in [-0.2, -0.15) is 0 Å². The summed E-state index contributed by atoms with van der Waals surface area (Å²) in [4.78, 5) is 16.2. The van der Waals surface area contributed by atoms with Gasteiger partial charge in [0.1, 0.15) is 5.60 Å². The third-order valence-electron chi connectivity index (χ3n) is 3.73. The van der Waals surface area contributed by atoms with Crippen LogP contribution in [0.2, 0.25) is 0 Å². The summed E-state index contributed by atoms with van der Waals surface area (Å²) in [6, 6.07) is 12.7. The first-order chi connectivity index (χ1) is 12.5. The second-order valence-corrected chi connectivity index (χ2v) is 6.00. The van der Waals surface area contributed by atoms with E-state index in [-0.39, 0.29) is 18.2 Å². The fourth-order valence-corrected chi connectivity index (χ4v) is 2.32. The molecule has 4 N–H and O–H groups in total. The summed E-state index contributed by atoms with van der Waals surface area (Å²) in [6.07, 6.45) is 1.46. The number of hydrogen-bond acceptors (Lipinski definition) is 4. The number of hydrogen-bond donors (Lipinski definition) is 4. The van der Waals surface area contributed by atoms with E-state index in [1.165, 1.54) is 6.26 Å². The Morgan fingerprint density at radius 1 is 1.12 bits per heavy atom. The quantitative estimate of drug-likeness (QED) is 0.325. The van der Waals surface area contributed by atoms with Crippen LogP contribution in [0.3, 0.4) is 0 Å². The number of aliphatic hydroxyl groups is 1. The standard InChI is InChI=1S/C19H26N4O3/c1-3-20-18(22-12-11-21-17(24)16-10-7-13-26-16)23-14-19(2,25)15-8-5-4-6-9-15/h4-10,13,25H,3,11-12,14H2,1-2H3,(H,21,24)(H2,20,22,23). The average Bonchev–Trinajstić information content (AvgIpc) is 3.18. The normalized spacial score (nSPS) is 13.7. The number of carbonyl (C=O) groups excluding carboxylic acids is 1. The van der Waals surface area contributed by atoms with E-state index in [4.69, 9.17) is 4.42 Å². The van der Waals surface area contributed by atoms with E-state index in [0.29, 0.717) is 25.6 Å². The number of carbonyl (C=O) groups is 1. The highest BCUT2D eigenvalue weighted by atomic mass is 16.3. The van der Waals surface area contributed by atoms with Crippen LogP contribution in [-0.2, 0) is 5.60 Å². The molecule has 0 aliphatic carbocycles. The van der Waals surface area contributed by atoms with Crippen LogP contribution < -0.4 is 16.0 Å². The zero-order valence-electron chi connectivity index (χ0n) is 15.2. The molecule has 0 fully saturated rings. The van der Waals surface area contributed by atoms with E-state index in [1.54, 1.807) is 19.1 Å². The Labute approximate surface area is 153 Å². The molecule has 1 amide bonds. The predicted octanol–water partition coefficient (Wildman–Crippen LogP) is 1.47. The van der Waals surface area contributed by atoms with Crippen LogP contribution in [0.4, 0.5) is 0 Å². The zero-order chi connectivity index (χ0) is 18.8. The maximum atomic E-state index is 11.8. The van der Waals surface area contributed by atoms with Gasteiger partial charge in [-0.25, -0.2) is 4.99 Å². The molecule has 7 nitrogen and oxygen atoms in total. The molecule has 1 aromatic heterocycles. The topological polar surface area (TPSA) is 98.9 Å². The van der Waals surface area contributed by atoms with Gasteiger partial charge in [-0.3, -0.25) is 4.79 Å². The van der Waals surface area contributed by atoms with Crippen molar-refractivity contribution in [3.8, 4) is 0 Å². The van der Waals surface area contributed by atoms with Gasteiger partial charge in [-0.1, -0.05) is 30.3 Å². The molecule has 140 valence electrons. The van der Waals surface area contributed by atoms with Crippen molar-refractivity contribution in [1.82, 2.24) is 16.0 Å². The summed E-state index contributed by atoms with van der Waals surface area (Å²) >= 11 is 0. The lowest BCUT2D eigenvalue weighted by Gasteiger charge is -2.22. The molecule has 1 atom stereocenters. The number of nitrogens with zero attached hydrogens (tertiary/aromatic N) is 1. The van der Waals surface area contributed by atoms with Gasteiger partial charge in [-0.05, 0) is 31.5 Å². The second-order valence-electron chi connectivity index (χ2n) is 6.00. The molecule has 1 aromatic carbocycles. The van der Waals surface area contributed by atoms with E-state index in [0.717, 1.165) is 5.56 Å². The zero-order valence-corrected chi connectivity index (χ0v) is 15.2. The van der Waals surface area contributed by atoms with Crippen molar-refractivity contribution in [1.29, 1.82) is 0 Å². The fraction of sp³-hybridized carbons (Fsp3) is 0.368. The molecule has 0 bridgehead atoms. The molecule has 0 radical (unpaired) electrons. The smallest absolute Gasteiger partial charge is 0.287 e. The van der Waals surface area contributed by atoms with Gasteiger partial charge in [0, 0.05) is 19.6 Å². The molecule has 7 heteroatoms. The molecule has 0 aliphatic heterocycles. The van der Waals surface area contributed by atoms with Crippen molar-refractivity contribution < 1.29 is 14.3 Å². The summed E-state index contributed by atoms with van der Waals surface area (Å²) in [5.41, 5.74) is -0.248. The lowest BCUT2D eigenvalue weighted by atomic mass is 9.96. The number of guanidine groups is 1. The first-order valence-corrected chi connectivity index (χ1v) is 8.64. The first kappa shape index (κ1) is 19.5. The maximum Gasteiger partial charge on any atom is 0.287 e. The Bertz CT molecular complexity index is 697. The van der Waals surface area contributed by atoms with Crippen LogP contribution in [0.5, 0.6) is 0 Å². The van der Waals surface area contributed by atoms with Crippen molar-refractivity contribution in [3.05, 3.63) is 60.1 Å². The molecule has 0 saturated heterocycles. The molecule has 1 unspecified atom stereocenters. The van der Waals surface area contributed by atoms with Crippen molar-refractivity contribution in [3.63, 3.8) is 0 Å². The fourth-order valence-electron chi connectivity index (χ4n) is 2.32. The molecule has 0 spiro atoms. The highest BCUT2D eigenvalue weighted by Gasteiger charge is 2.22. The van der Waals surface area contributed by atoms with Crippen molar-refractivity contribution in [2.45, 2.75) is 19.4 Å². The average molecular weight is 358 g/mol. The number of nitrogens with one attached hydrogen (secondary N) is 3. The third kappa shape index (κ3) is 5.93. The largest absolute Gasteiger partial charge is 0.459 e. The Morgan fingerprint density at radius 3 is 2.50 bits per heavy atom. The minimum absolute atomic E-state index is 0.213. The van der Waals surface area contributed by atoms with Crippen LogP contribution in [0.25, 0.3) is 0 Å². The van der Waals surface area contributed by atoms with Crippen LogP contribution in [0, 0.1) is 0 Å². The van der Waals surface area contributed by atoms with E-state index < -0.39 is 5.60 Å². The Balaban J connectivity index is 1.83. The lowest BCUT2D eigenvalue weighted by Crippen LogP contribution is -2.42. The number of furan rings is 1. The second kappa shape index (κ2) is 9.62. The van der Waals surface area contributed by atoms with Gasteiger partial charge >= 0.3 is 0 Å². The minimum Gasteiger partial charge on any atom is -0.459 e. The highest BCUT2D eigenvalue weighted by Crippen LogP contribution is 2.20. The summed E-state index contributed by atoms with van der Waals surface area (Å²) in [6.45, 7) is 5.51. The van der Waals surface area contributed by atoms with E-state index in [1.807, 2.05) is 37.3 Å². The summed E-state index contributed by atoms with van der Waals surface area (Å²) in [5, 5.41) is 19.6. The Kier molecular flexibility index (Phi) is 7.23. The summed E-state index contributed by atoms with van der Waals surface area (Å²) in [5.74, 6) is 0.603. The molecule has 1 heterocycles. The van der Waals surface area contributed by atoms with Gasteiger partial charge < -0.3 is 25.5 Å². The molecule has 26 heavy (non-hydrogen) atoms. The SMILES string of the molecule is CCNC(=NCC(C)(O)c1ccccc1)NCCNC(=O)c1ccco1. The highest BCUT2D eigenvalue weighted by molar-refractivity contribution is 5.91. The van der Waals surface area contributed by atoms with Crippen LogP contribution in [0.1, 0.15) is 30.0 Å². The number of rotatable bonds is 8. The molecule has 2 aromatic rings. The molecule has 2 rings (SSSR count). The minimum atomic E-state index is -1.06. The van der Waals surface area contributed by atoms with Gasteiger partial charge in [0.05, 0.1) is 12.8 Å². The molecular weight excluding hydrogens is 332 g/mol. The van der Waals surface area contributed by atoms with Gasteiger partial charge in [0.25, 0.3) is 5.91 Å². The van der Waals surface area contributed by atoms with Gasteiger partial charge in [-0.15, -0.1) is 0 Å². The Hall–Kier alpha value is -2.80. The van der Waals surface area contributed by atoms with E-state index >= 15 is 0 Å². The predicted molar refractivity (Wildman–Crippen MR) is 101 cm³/mol. The van der Waals surface area contributed by atoms with Gasteiger partial charge in [0.2, 0.25) is 0 Å². The Morgan fingerprint density at radius 2 is 1.85 bits per heavy atom. The van der Waals surface area contributed by atoms with E-state index in [2.05, 4.69) is 20.9 Å². The van der Waals surface area contributed by atoms with E-state index in [9.17, 15) is 9.90 Å². The van der Waals surface area contributed by atoms with Crippen molar-refractivity contribution >= 4 is 11.9 Å². The lowest BCUT2D eigenvalue weighted by molar-refractivity contribution is 0.0672. The van der Waals surface area contributed by atoms with Gasteiger partial charge in [0.15, 0.2) is 11.7 Å². The molecule has 0 saturated carbocycles. The van der Waals surface area contributed by atoms with Crippen molar-refractivity contribution in [2.24, 2.45) is 4.99 Å². The molecule has 0 aliphatic rings. The number of aliphatic imine (C=N–C) groups is 1. The number of benzene rings is 1. The summed E-state index contributed by atoms with van der Waals surface area (Å²) in [7, 11) is 0. The first-order valence-electron chi connectivity index (χ1n) is 8.64. The summed E-state index contributed by atoms with van der Waals surface area (Å²) < 4.78 is 5.03.